The summed E-state index contributed by atoms with van der Waals surface area (Å²) in [4.78, 5) is 14.4. The molecule has 2 aromatic rings. The lowest BCUT2D eigenvalue weighted by Gasteiger charge is -2.09. The van der Waals surface area contributed by atoms with Crippen molar-refractivity contribution in [3.8, 4) is 5.75 Å². The fourth-order valence-corrected chi connectivity index (χ4v) is 2.11. The normalized spacial score (nSPS) is 10.6. The van der Waals surface area contributed by atoms with Gasteiger partial charge in [-0.05, 0) is 30.7 Å². The van der Waals surface area contributed by atoms with Crippen molar-refractivity contribution in [1.29, 1.82) is 0 Å². The molecule has 2 rings (SSSR count). The summed E-state index contributed by atoms with van der Waals surface area (Å²) in [6.45, 7) is 2.05. The molecule has 1 aromatic heterocycles. The Morgan fingerprint density at radius 1 is 1.50 bits per heavy atom. The first-order valence-electron chi connectivity index (χ1n) is 5.82. The minimum Gasteiger partial charge on any atom is -0.495 e. The Kier molecular flexibility index (Phi) is 3.53. The number of carbonyl (C=O) groups excluding carboxylic acids is 1. The van der Waals surface area contributed by atoms with Gasteiger partial charge in [-0.1, -0.05) is 0 Å². The van der Waals surface area contributed by atoms with Gasteiger partial charge in [0.2, 0.25) is 5.91 Å². The van der Waals surface area contributed by atoms with Crippen LogP contribution in [0.2, 0.25) is 0 Å². The quantitative estimate of drug-likeness (QED) is 0.768. The number of carbonyl (C=O) groups is 1. The number of nitrogens with two attached hydrogens (primary N) is 1. The maximum absolute atomic E-state index is 11.2. The number of hydrogen-bond acceptors (Lipinski definition) is 3. The molecule has 0 fully saturated rings. The molecule has 18 heavy (non-hydrogen) atoms. The molecule has 5 heteroatoms. The molecule has 0 aliphatic heterocycles. The molecule has 0 spiro atoms. The van der Waals surface area contributed by atoms with E-state index in [9.17, 15) is 4.79 Å². The Bertz CT molecular complexity index is 575. The first-order chi connectivity index (χ1) is 8.67. The average Bonchev–Trinajstić information content (AvgIpc) is 2.74. The van der Waals surface area contributed by atoms with Crippen molar-refractivity contribution in [1.82, 2.24) is 4.98 Å². The lowest BCUT2D eigenvalue weighted by atomic mass is 10.1. The molecule has 0 unspecified atom stereocenters. The van der Waals surface area contributed by atoms with Gasteiger partial charge in [0.25, 0.3) is 0 Å². The number of aromatic nitrogens is 1. The molecule has 5 nitrogen and oxygen atoms in total. The molecule has 0 aliphatic carbocycles. The van der Waals surface area contributed by atoms with E-state index in [4.69, 9.17) is 10.5 Å². The Morgan fingerprint density at radius 2 is 2.28 bits per heavy atom. The lowest BCUT2D eigenvalue weighted by molar-refractivity contribution is -0.114. The van der Waals surface area contributed by atoms with Crippen molar-refractivity contribution in [2.75, 3.05) is 19.0 Å². The van der Waals surface area contributed by atoms with E-state index in [-0.39, 0.29) is 5.91 Å². The standard InChI is InChI=1S/C13H17N3O2/c1-8(17)16-10-3-4-11(18-2)13-12(10)9(5-6-14)7-15-13/h3-4,7,15H,5-6,14H2,1-2H3,(H,16,17). The Morgan fingerprint density at radius 3 is 2.89 bits per heavy atom. The number of rotatable bonds is 4. The number of methoxy groups -OCH3 is 1. The van der Waals surface area contributed by atoms with E-state index in [1.165, 1.54) is 6.92 Å². The van der Waals surface area contributed by atoms with Gasteiger partial charge in [0.15, 0.2) is 0 Å². The van der Waals surface area contributed by atoms with Crippen LogP contribution in [0.3, 0.4) is 0 Å². The highest BCUT2D eigenvalue weighted by Crippen LogP contribution is 2.33. The summed E-state index contributed by atoms with van der Waals surface area (Å²) in [5, 5.41) is 3.80. The molecule has 0 atom stereocenters. The number of ether oxygens (including phenoxy) is 1. The monoisotopic (exact) mass is 247 g/mol. The molecule has 4 N–H and O–H groups in total. The Labute approximate surface area is 105 Å². The third kappa shape index (κ3) is 2.17. The predicted octanol–water partition coefficient (Wildman–Crippen LogP) is 1.64. The zero-order valence-electron chi connectivity index (χ0n) is 10.5. The number of amides is 1. The summed E-state index contributed by atoms with van der Waals surface area (Å²) in [6.07, 6.45) is 2.66. The van der Waals surface area contributed by atoms with Crippen LogP contribution in [0.15, 0.2) is 18.3 Å². The number of benzene rings is 1. The largest absolute Gasteiger partial charge is 0.495 e. The molecule has 0 saturated carbocycles. The van der Waals surface area contributed by atoms with Gasteiger partial charge in [0.1, 0.15) is 5.75 Å². The van der Waals surface area contributed by atoms with Gasteiger partial charge >= 0.3 is 0 Å². The van der Waals surface area contributed by atoms with Crippen molar-refractivity contribution in [3.05, 3.63) is 23.9 Å². The average molecular weight is 247 g/mol. The third-order valence-electron chi connectivity index (χ3n) is 2.82. The van der Waals surface area contributed by atoms with Crippen LogP contribution < -0.4 is 15.8 Å². The molecular formula is C13H17N3O2. The topological polar surface area (TPSA) is 80.1 Å². The predicted molar refractivity (Wildman–Crippen MR) is 71.9 cm³/mol. The summed E-state index contributed by atoms with van der Waals surface area (Å²) in [5.74, 6) is 0.656. The number of hydrogen-bond donors (Lipinski definition) is 3. The second-order valence-electron chi connectivity index (χ2n) is 4.10. The van der Waals surface area contributed by atoms with Crippen LogP contribution >= 0.6 is 0 Å². The van der Waals surface area contributed by atoms with E-state index in [2.05, 4.69) is 10.3 Å². The zero-order chi connectivity index (χ0) is 13.1. The summed E-state index contributed by atoms with van der Waals surface area (Å²) in [5.41, 5.74) is 8.34. The van der Waals surface area contributed by atoms with Crippen molar-refractivity contribution in [3.63, 3.8) is 0 Å². The minimum absolute atomic E-state index is 0.0960. The second-order valence-corrected chi connectivity index (χ2v) is 4.10. The van der Waals surface area contributed by atoms with Crippen molar-refractivity contribution in [2.24, 2.45) is 5.73 Å². The van der Waals surface area contributed by atoms with Crippen LogP contribution in [0.25, 0.3) is 10.9 Å². The molecule has 0 bridgehead atoms. The van der Waals surface area contributed by atoms with E-state index < -0.39 is 0 Å². The molecule has 1 amide bonds. The van der Waals surface area contributed by atoms with Crippen LogP contribution in [-0.4, -0.2) is 24.5 Å². The maximum atomic E-state index is 11.2. The molecule has 1 aromatic carbocycles. The molecule has 1 heterocycles. The van der Waals surface area contributed by atoms with E-state index >= 15 is 0 Å². The highest BCUT2D eigenvalue weighted by molar-refractivity contribution is 6.04. The second kappa shape index (κ2) is 5.10. The lowest BCUT2D eigenvalue weighted by Crippen LogP contribution is -2.07. The van der Waals surface area contributed by atoms with Crippen LogP contribution in [0.5, 0.6) is 5.75 Å². The smallest absolute Gasteiger partial charge is 0.221 e. The van der Waals surface area contributed by atoms with E-state index in [0.29, 0.717) is 6.54 Å². The van der Waals surface area contributed by atoms with Gasteiger partial charge in [0, 0.05) is 18.5 Å². The summed E-state index contributed by atoms with van der Waals surface area (Å²) < 4.78 is 5.30. The highest BCUT2D eigenvalue weighted by Gasteiger charge is 2.13. The summed E-state index contributed by atoms with van der Waals surface area (Å²) in [6, 6.07) is 3.67. The number of fused-ring (bicyclic) bond motifs is 1. The molecule has 0 radical (unpaired) electrons. The third-order valence-corrected chi connectivity index (χ3v) is 2.82. The molecule has 0 aliphatic rings. The van der Waals surface area contributed by atoms with E-state index in [1.54, 1.807) is 7.11 Å². The van der Waals surface area contributed by atoms with Crippen LogP contribution in [0, 0.1) is 0 Å². The maximum Gasteiger partial charge on any atom is 0.221 e. The summed E-state index contributed by atoms with van der Waals surface area (Å²) in [7, 11) is 1.62. The minimum atomic E-state index is -0.0960. The molecular weight excluding hydrogens is 230 g/mol. The molecule has 96 valence electrons. The van der Waals surface area contributed by atoms with Gasteiger partial charge < -0.3 is 20.8 Å². The SMILES string of the molecule is COc1ccc(NC(C)=O)c2c(CCN)c[nH]c12. The first-order valence-corrected chi connectivity index (χ1v) is 5.82. The van der Waals surface area contributed by atoms with Gasteiger partial charge in [-0.3, -0.25) is 4.79 Å². The van der Waals surface area contributed by atoms with Gasteiger partial charge in [-0.2, -0.15) is 0 Å². The van der Waals surface area contributed by atoms with Gasteiger partial charge in [0.05, 0.1) is 18.3 Å². The Balaban J connectivity index is 2.62. The van der Waals surface area contributed by atoms with Crippen molar-refractivity contribution < 1.29 is 9.53 Å². The van der Waals surface area contributed by atoms with Gasteiger partial charge in [-0.25, -0.2) is 0 Å². The van der Waals surface area contributed by atoms with E-state index in [0.717, 1.165) is 34.3 Å². The first kappa shape index (κ1) is 12.4. The number of aromatic amines is 1. The number of H-pyrrole nitrogens is 1. The highest BCUT2D eigenvalue weighted by atomic mass is 16.5. The van der Waals surface area contributed by atoms with Gasteiger partial charge in [-0.15, -0.1) is 0 Å². The van der Waals surface area contributed by atoms with Crippen LogP contribution in [0.4, 0.5) is 5.69 Å². The number of anilines is 1. The van der Waals surface area contributed by atoms with Crippen molar-refractivity contribution in [2.45, 2.75) is 13.3 Å². The zero-order valence-corrected chi connectivity index (χ0v) is 10.5. The Hall–Kier alpha value is -2.01. The fourth-order valence-electron chi connectivity index (χ4n) is 2.11. The van der Waals surface area contributed by atoms with Crippen LogP contribution in [-0.2, 0) is 11.2 Å². The summed E-state index contributed by atoms with van der Waals surface area (Å²) >= 11 is 0. The van der Waals surface area contributed by atoms with Crippen LogP contribution in [0.1, 0.15) is 12.5 Å². The molecule has 0 saturated heterocycles. The fraction of sp³-hybridized carbons (Fsp3) is 0.308. The number of nitrogens with one attached hydrogen (secondary N) is 2. The van der Waals surface area contributed by atoms with Crippen molar-refractivity contribution >= 4 is 22.5 Å². The van der Waals surface area contributed by atoms with E-state index in [1.807, 2.05) is 18.3 Å².